The van der Waals surface area contributed by atoms with E-state index in [1.54, 1.807) is 12.1 Å². The normalized spacial score (nSPS) is 26.0. The van der Waals surface area contributed by atoms with Gasteiger partial charge in [-0.3, -0.25) is 14.5 Å². The standard InChI is InChI=1S/C38H42Cl2N2O4/c1-23(2)22-42(35(44)20-26-9-11-29(39)30(40)19-26)31-12-10-28-32-21-27-33(45-24(3)43)13-14-34-36(27)38(28,37(31)46-34)16-18-41(32)17-15-25-7-5-4-6-8-25/h4-9,11,13-14,19,23,28,31-32,37H,10,12,15-18,20-22H2,1-3H3/t28-,31-,32+,37-,38-/m0/s1. The van der Waals surface area contributed by atoms with Crippen LogP contribution in [0.15, 0.2) is 60.7 Å². The summed E-state index contributed by atoms with van der Waals surface area (Å²) < 4.78 is 12.9. The smallest absolute Gasteiger partial charge is 0.308 e. The van der Waals surface area contributed by atoms with E-state index in [4.69, 9.17) is 32.7 Å². The number of carbonyl (C=O) groups excluding carboxylic acids is 2. The SMILES string of the molecule is CC(=O)Oc1ccc2c3c1C[C@@H]1[C@@H]4CC[C@H](N(CC(C)C)C(=O)Cc5ccc(Cl)c(Cl)c5)[C@H](O2)[C@]34CCN1CCc1ccccc1. The molecular weight excluding hydrogens is 619 g/mol. The highest BCUT2D eigenvalue weighted by molar-refractivity contribution is 6.42. The fraction of sp³-hybridized carbons (Fsp3) is 0.474. The maximum Gasteiger partial charge on any atom is 0.308 e. The third-order valence-electron chi connectivity index (χ3n) is 10.8. The van der Waals surface area contributed by atoms with Gasteiger partial charge >= 0.3 is 5.97 Å². The molecule has 2 aliphatic carbocycles. The molecule has 1 saturated heterocycles. The Balaban J connectivity index is 1.25. The molecule has 5 atom stereocenters. The van der Waals surface area contributed by atoms with Crippen molar-refractivity contribution in [3.05, 3.63) is 93.0 Å². The van der Waals surface area contributed by atoms with Gasteiger partial charge in [-0.1, -0.05) is 73.4 Å². The van der Waals surface area contributed by atoms with Gasteiger partial charge < -0.3 is 14.4 Å². The summed E-state index contributed by atoms with van der Waals surface area (Å²) in [6.45, 7) is 8.41. The highest BCUT2D eigenvalue weighted by Crippen LogP contribution is 2.64. The molecule has 3 aromatic carbocycles. The van der Waals surface area contributed by atoms with Crippen LogP contribution in [0.4, 0.5) is 0 Å². The number of ether oxygens (including phenoxy) is 2. The zero-order valence-electron chi connectivity index (χ0n) is 26.8. The van der Waals surface area contributed by atoms with Crippen molar-refractivity contribution in [2.24, 2.45) is 11.8 Å². The molecule has 1 spiro atoms. The van der Waals surface area contributed by atoms with Crippen LogP contribution >= 0.6 is 23.2 Å². The molecule has 242 valence electrons. The van der Waals surface area contributed by atoms with Crippen LogP contribution in [0.25, 0.3) is 0 Å². The van der Waals surface area contributed by atoms with E-state index in [1.807, 2.05) is 18.2 Å². The minimum atomic E-state index is -0.310. The van der Waals surface area contributed by atoms with Crippen LogP contribution in [0.1, 0.15) is 62.3 Å². The van der Waals surface area contributed by atoms with Crippen molar-refractivity contribution in [1.29, 1.82) is 0 Å². The Hall–Kier alpha value is -3.06. The minimum Gasteiger partial charge on any atom is -0.487 e. The molecule has 4 aliphatic rings. The van der Waals surface area contributed by atoms with Gasteiger partial charge in [0, 0.05) is 42.6 Å². The topological polar surface area (TPSA) is 59.1 Å². The average molecular weight is 662 g/mol. The number of hydrogen-bond acceptors (Lipinski definition) is 5. The highest BCUT2D eigenvalue weighted by Gasteiger charge is 2.66. The first-order chi connectivity index (χ1) is 22.2. The van der Waals surface area contributed by atoms with Crippen LogP contribution in [0.2, 0.25) is 10.0 Å². The van der Waals surface area contributed by atoms with Gasteiger partial charge in [0.1, 0.15) is 17.6 Å². The number of esters is 1. The lowest BCUT2D eigenvalue weighted by Gasteiger charge is -2.60. The summed E-state index contributed by atoms with van der Waals surface area (Å²) in [4.78, 5) is 31.2. The molecule has 2 fully saturated rings. The van der Waals surface area contributed by atoms with Gasteiger partial charge in [0.2, 0.25) is 5.91 Å². The molecule has 1 saturated carbocycles. The lowest BCUT2D eigenvalue weighted by Crippen LogP contribution is -2.69. The summed E-state index contributed by atoms with van der Waals surface area (Å²) in [7, 11) is 0. The fourth-order valence-corrected chi connectivity index (χ4v) is 9.42. The Kier molecular flexibility index (Phi) is 8.58. The number of piperidine rings is 1. The summed E-state index contributed by atoms with van der Waals surface area (Å²) in [6, 6.07) is 20.3. The molecule has 0 radical (unpaired) electrons. The summed E-state index contributed by atoms with van der Waals surface area (Å²) in [5, 5.41) is 0.942. The maximum atomic E-state index is 14.2. The number of carbonyl (C=O) groups is 2. The fourth-order valence-electron chi connectivity index (χ4n) is 9.10. The largest absolute Gasteiger partial charge is 0.487 e. The van der Waals surface area contributed by atoms with Crippen molar-refractivity contribution in [2.45, 2.75) is 82.9 Å². The molecule has 2 bridgehead atoms. The second-order valence-electron chi connectivity index (χ2n) is 14.0. The van der Waals surface area contributed by atoms with E-state index < -0.39 is 0 Å². The van der Waals surface area contributed by atoms with Crippen LogP contribution in [0, 0.1) is 11.8 Å². The molecule has 2 aliphatic heterocycles. The summed E-state index contributed by atoms with van der Waals surface area (Å²) in [5.74, 6) is 2.01. The van der Waals surface area contributed by atoms with Crippen LogP contribution in [0.3, 0.4) is 0 Å². The molecule has 46 heavy (non-hydrogen) atoms. The van der Waals surface area contributed by atoms with Crippen LogP contribution in [0.5, 0.6) is 11.5 Å². The van der Waals surface area contributed by atoms with Crippen LogP contribution in [-0.2, 0) is 34.3 Å². The first-order valence-corrected chi connectivity index (χ1v) is 17.4. The van der Waals surface area contributed by atoms with Gasteiger partial charge in [-0.15, -0.1) is 0 Å². The number of nitrogens with zero attached hydrogens (tertiary/aromatic N) is 2. The Labute approximate surface area is 281 Å². The van der Waals surface area contributed by atoms with Gasteiger partial charge in [0.05, 0.1) is 22.5 Å². The molecule has 0 aromatic heterocycles. The molecule has 2 heterocycles. The van der Waals surface area contributed by atoms with Crippen LogP contribution < -0.4 is 9.47 Å². The Morgan fingerprint density at radius 2 is 1.85 bits per heavy atom. The molecule has 7 rings (SSSR count). The lowest BCUT2D eigenvalue weighted by atomic mass is 9.50. The molecule has 6 nitrogen and oxygen atoms in total. The summed E-state index contributed by atoms with van der Waals surface area (Å²) in [5.41, 5.74) is 4.30. The van der Waals surface area contributed by atoms with E-state index >= 15 is 0 Å². The van der Waals surface area contributed by atoms with Gasteiger partial charge in [0.15, 0.2) is 0 Å². The van der Waals surface area contributed by atoms with Crippen molar-refractivity contribution >= 4 is 35.1 Å². The molecular formula is C38H42Cl2N2O4. The third-order valence-corrected chi connectivity index (χ3v) is 11.5. The molecule has 0 N–H and O–H groups in total. The summed E-state index contributed by atoms with van der Waals surface area (Å²) >= 11 is 12.5. The van der Waals surface area contributed by atoms with E-state index in [0.717, 1.165) is 62.1 Å². The van der Waals surface area contributed by atoms with Gasteiger partial charge in [-0.2, -0.15) is 0 Å². The van der Waals surface area contributed by atoms with Gasteiger partial charge in [0.25, 0.3) is 0 Å². The number of halogens is 2. The highest BCUT2D eigenvalue weighted by atomic mass is 35.5. The Bertz CT molecular complexity index is 1650. The minimum absolute atomic E-state index is 0.0685. The average Bonchev–Trinajstić information content (AvgIpc) is 3.36. The Morgan fingerprint density at radius 3 is 2.59 bits per heavy atom. The quantitative estimate of drug-likeness (QED) is 0.178. The van der Waals surface area contributed by atoms with Crippen LogP contribution in [-0.4, -0.2) is 59.5 Å². The number of amides is 1. The predicted molar refractivity (Wildman–Crippen MR) is 181 cm³/mol. The first-order valence-electron chi connectivity index (χ1n) is 16.7. The molecule has 1 amide bonds. The maximum absolute atomic E-state index is 14.2. The van der Waals surface area contributed by atoms with Crippen molar-refractivity contribution < 1.29 is 19.1 Å². The lowest BCUT2D eigenvalue weighted by molar-refractivity contribution is -0.143. The number of hydrogen-bond donors (Lipinski definition) is 0. The third kappa shape index (κ3) is 5.50. The predicted octanol–water partition coefficient (Wildman–Crippen LogP) is 7.30. The van der Waals surface area contributed by atoms with E-state index in [-0.39, 0.29) is 35.9 Å². The van der Waals surface area contributed by atoms with Crippen molar-refractivity contribution in [3.63, 3.8) is 0 Å². The number of rotatable bonds is 9. The second-order valence-corrected chi connectivity index (χ2v) is 14.8. The molecule has 8 heteroatoms. The Morgan fingerprint density at radius 1 is 1.04 bits per heavy atom. The van der Waals surface area contributed by atoms with E-state index in [0.29, 0.717) is 40.2 Å². The van der Waals surface area contributed by atoms with Gasteiger partial charge in [-0.05, 0) is 85.9 Å². The van der Waals surface area contributed by atoms with Crippen molar-refractivity contribution in [1.82, 2.24) is 9.80 Å². The van der Waals surface area contributed by atoms with E-state index in [2.05, 4.69) is 54.0 Å². The van der Waals surface area contributed by atoms with Crippen molar-refractivity contribution in [2.75, 3.05) is 19.6 Å². The second kappa shape index (κ2) is 12.5. The van der Waals surface area contributed by atoms with Gasteiger partial charge in [-0.25, -0.2) is 0 Å². The first kappa shape index (κ1) is 31.5. The monoisotopic (exact) mass is 660 g/mol. The number of likely N-dealkylation sites (tertiary alicyclic amines) is 1. The number of benzene rings is 3. The summed E-state index contributed by atoms with van der Waals surface area (Å²) in [6.07, 6.45) is 4.78. The molecule has 0 unspecified atom stereocenters. The zero-order chi connectivity index (χ0) is 32.2. The van der Waals surface area contributed by atoms with Crippen molar-refractivity contribution in [3.8, 4) is 11.5 Å². The van der Waals surface area contributed by atoms with E-state index in [9.17, 15) is 9.59 Å². The van der Waals surface area contributed by atoms with E-state index in [1.165, 1.54) is 18.1 Å². The zero-order valence-corrected chi connectivity index (χ0v) is 28.3. The molecule has 3 aromatic rings.